The highest BCUT2D eigenvalue weighted by molar-refractivity contribution is 5.98. The second kappa shape index (κ2) is 9.05. The second-order valence-electron chi connectivity index (χ2n) is 7.32. The zero-order valence-corrected chi connectivity index (χ0v) is 16.5. The predicted octanol–water partition coefficient (Wildman–Crippen LogP) is 3.70. The molecule has 30 heavy (non-hydrogen) atoms. The van der Waals surface area contributed by atoms with Gasteiger partial charge in [-0.1, -0.05) is 42.5 Å². The number of hydrogen-bond donors (Lipinski definition) is 1. The molecule has 6 heteroatoms. The molecule has 1 aliphatic heterocycles. The van der Waals surface area contributed by atoms with Crippen LogP contribution in [0.2, 0.25) is 0 Å². The number of nitrogens with zero attached hydrogens (tertiary/aromatic N) is 1. The molecule has 0 unspecified atom stereocenters. The van der Waals surface area contributed by atoms with Gasteiger partial charge in [0.15, 0.2) is 0 Å². The number of halogens is 1. The van der Waals surface area contributed by atoms with Crippen LogP contribution in [0, 0.1) is 5.82 Å². The lowest BCUT2D eigenvalue weighted by Crippen LogP contribution is -2.43. The molecule has 1 saturated heterocycles. The van der Waals surface area contributed by atoms with E-state index in [-0.39, 0.29) is 36.7 Å². The van der Waals surface area contributed by atoms with E-state index >= 15 is 0 Å². The molecule has 1 aliphatic rings. The largest absolute Gasteiger partial charge is 0.370 e. The van der Waals surface area contributed by atoms with Gasteiger partial charge < -0.3 is 15.0 Å². The highest BCUT2D eigenvalue weighted by atomic mass is 19.1. The van der Waals surface area contributed by atoms with Crippen LogP contribution in [0.15, 0.2) is 66.7 Å². The van der Waals surface area contributed by atoms with Crippen LogP contribution in [0.4, 0.5) is 4.39 Å². The molecular weight excluding hydrogens is 383 g/mol. The van der Waals surface area contributed by atoms with Crippen LogP contribution in [0.3, 0.4) is 0 Å². The van der Waals surface area contributed by atoms with Crippen molar-refractivity contribution in [2.75, 3.05) is 26.2 Å². The number of rotatable bonds is 5. The molecule has 0 radical (unpaired) electrons. The van der Waals surface area contributed by atoms with E-state index in [1.54, 1.807) is 23.1 Å². The molecule has 2 amide bonds. The molecule has 3 aromatic rings. The number of hydrogen-bond acceptors (Lipinski definition) is 3. The van der Waals surface area contributed by atoms with Gasteiger partial charge in [-0.25, -0.2) is 4.39 Å². The van der Waals surface area contributed by atoms with E-state index in [1.165, 1.54) is 12.1 Å². The number of fused-ring (bicyclic) bond motifs is 1. The van der Waals surface area contributed by atoms with E-state index in [0.717, 1.165) is 16.3 Å². The summed E-state index contributed by atoms with van der Waals surface area (Å²) in [6, 6.07) is 19.5. The third kappa shape index (κ3) is 4.66. The molecule has 5 nitrogen and oxygen atoms in total. The Balaban J connectivity index is 1.29. The molecule has 154 valence electrons. The van der Waals surface area contributed by atoms with Gasteiger partial charge in [-0.15, -0.1) is 0 Å². The zero-order valence-electron chi connectivity index (χ0n) is 16.5. The summed E-state index contributed by atoms with van der Waals surface area (Å²) in [5.74, 6) is -0.534. The van der Waals surface area contributed by atoms with Crippen molar-refractivity contribution in [3.05, 3.63) is 83.7 Å². The summed E-state index contributed by atoms with van der Waals surface area (Å²) in [6.45, 7) is 1.62. The molecule has 0 aliphatic carbocycles. The van der Waals surface area contributed by atoms with Crippen molar-refractivity contribution in [1.82, 2.24) is 10.2 Å². The highest BCUT2D eigenvalue weighted by Crippen LogP contribution is 2.23. The van der Waals surface area contributed by atoms with Crippen LogP contribution in [0.5, 0.6) is 0 Å². The van der Waals surface area contributed by atoms with E-state index in [9.17, 15) is 14.0 Å². The van der Waals surface area contributed by atoms with Gasteiger partial charge in [-0.3, -0.25) is 9.59 Å². The van der Waals surface area contributed by atoms with Crippen molar-refractivity contribution >= 4 is 22.6 Å². The molecule has 0 bridgehead atoms. The quantitative estimate of drug-likeness (QED) is 0.703. The molecule has 3 aromatic carbocycles. The van der Waals surface area contributed by atoms with Crippen LogP contribution >= 0.6 is 0 Å². The maximum absolute atomic E-state index is 13.1. The summed E-state index contributed by atoms with van der Waals surface area (Å²) in [5, 5.41) is 4.90. The Labute approximate surface area is 174 Å². The summed E-state index contributed by atoms with van der Waals surface area (Å²) < 4.78 is 18.9. The summed E-state index contributed by atoms with van der Waals surface area (Å²) in [5.41, 5.74) is 1.42. The molecule has 0 aromatic heterocycles. The number of amides is 2. The van der Waals surface area contributed by atoms with Crippen LogP contribution < -0.4 is 5.32 Å². The average Bonchev–Trinajstić information content (AvgIpc) is 2.79. The van der Waals surface area contributed by atoms with Gasteiger partial charge in [0.2, 0.25) is 5.91 Å². The molecule has 0 spiro atoms. The monoisotopic (exact) mass is 406 g/mol. The zero-order chi connectivity index (χ0) is 20.9. The smallest absolute Gasteiger partial charge is 0.251 e. The Hall–Kier alpha value is -3.25. The molecule has 1 fully saturated rings. The van der Waals surface area contributed by atoms with Crippen LogP contribution in [-0.4, -0.2) is 43.0 Å². The standard InChI is InChI=1S/C24H23FN2O3/c25-21-9-7-18(8-10-21)22-16-27(13-14-30-22)23(28)11-12-26-24(29)20-6-5-17-3-1-2-4-19(17)15-20/h1-10,15,22H,11-14,16H2,(H,26,29)/t22-/m0/s1. The van der Waals surface area contributed by atoms with Crippen molar-refractivity contribution in [2.45, 2.75) is 12.5 Å². The highest BCUT2D eigenvalue weighted by Gasteiger charge is 2.25. The van der Waals surface area contributed by atoms with Crippen molar-refractivity contribution < 1.29 is 18.7 Å². The maximum atomic E-state index is 13.1. The summed E-state index contributed by atoms with van der Waals surface area (Å²) in [4.78, 5) is 26.7. The Morgan fingerprint density at radius 3 is 2.60 bits per heavy atom. The third-order valence-corrected chi connectivity index (χ3v) is 5.30. The lowest BCUT2D eigenvalue weighted by molar-refractivity contribution is -0.138. The lowest BCUT2D eigenvalue weighted by atomic mass is 10.1. The van der Waals surface area contributed by atoms with E-state index < -0.39 is 0 Å². The van der Waals surface area contributed by atoms with E-state index in [2.05, 4.69) is 5.32 Å². The van der Waals surface area contributed by atoms with Crippen molar-refractivity contribution in [3.8, 4) is 0 Å². The van der Waals surface area contributed by atoms with Crippen molar-refractivity contribution in [1.29, 1.82) is 0 Å². The van der Waals surface area contributed by atoms with Crippen LogP contribution in [0.25, 0.3) is 10.8 Å². The molecule has 0 saturated carbocycles. The van der Waals surface area contributed by atoms with Gasteiger partial charge in [0.05, 0.1) is 13.2 Å². The van der Waals surface area contributed by atoms with Gasteiger partial charge in [0, 0.05) is 25.1 Å². The third-order valence-electron chi connectivity index (χ3n) is 5.30. The van der Waals surface area contributed by atoms with Gasteiger partial charge in [-0.2, -0.15) is 0 Å². The predicted molar refractivity (Wildman–Crippen MR) is 113 cm³/mol. The van der Waals surface area contributed by atoms with Gasteiger partial charge in [-0.05, 0) is 40.6 Å². The molecule has 1 atom stereocenters. The Kier molecular flexibility index (Phi) is 6.05. The topological polar surface area (TPSA) is 58.6 Å². The first-order valence-corrected chi connectivity index (χ1v) is 10.0. The minimum absolute atomic E-state index is 0.0378. The summed E-state index contributed by atoms with van der Waals surface area (Å²) in [6.07, 6.45) is -0.0503. The van der Waals surface area contributed by atoms with Gasteiger partial charge >= 0.3 is 0 Å². The number of carbonyl (C=O) groups excluding carboxylic acids is 2. The lowest BCUT2D eigenvalue weighted by Gasteiger charge is -2.33. The first kappa shape index (κ1) is 20.0. The number of benzene rings is 3. The Morgan fingerprint density at radius 1 is 1.03 bits per heavy atom. The maximum Gasteiger partial charge on any atom is 0.251 e. The molecular formula is C24H23FN2O3. The number of carbonyl (C=O) groups is 2. The van der Waals surface area contributed by atoms with E-state index in [4.69, 9.17) is 4.74 Å². The molecule has 1 heterocycles. The number of ether oxygens (including phenoxy) is 1. The summed E-state index contributed by atoms with van der Waals surface area (Å²) in [7, 11) is 0. The Morgan fingerprint density at radius 2 is 1.80 bits per heavy atom. The summed E-state index contributed by atoms with van der Waals surface area (Å²) >= 11 is 0. The van der Waals surface area contributed by atoms with Crippen molar-refractivity contribution in [3.63, 3.8) is 0 Å². The minimum atomic E-state index is -0.301. The average molecular weight is 406 g/mol. The number of morpholine rings is 1. The normalized spacial score (nSPS) is 16.4. The van der Waals surface area contributed by atoms with Crippen LogP contribution in [-0.2, 0) is 9.53 Å². The SMILES string of the molecule is O=C(NCCC(=O)N1CCO[C@H](c2ccc(F)cc2)C1)c1ccc2ccccc2c1. The van der Waals surface area contributed by atoms with Crippen LogP contribution in [0.1, 0.15) is 28.4 Å². The Bertz CT molecular complexity index is 1050. The fraction of sp³-hybridized carbons (Fsp3) is 0.250. The fourth-order valence-corrected chi connectivity index (χ4v) is 3.63. The van der Waals surface area contributed by atoms with E-state index in [0.29, 0.717) is 25.3 Å². The second-order valence-corrected chi connectivity index (χ2v) is 7.32. The number of nitrogens with one attached hydrogen (secondary N) is 1. The van der Waals surface area contributed by atoms with Gasteiger partial charge in [0.25, 0.3) is 5.91 Å². The molecule has 1 N–H and O–H groups in total. The molecule has 4 rings (SSSR count). The van der Waals surface area contributed by atoms with E-state index in [1.807, 2.05) is 36.4 Å². The minimum Gasteiger partial charge on any atom is -0.370 e. The fourth-order valence-electron chi connectivity index (χ4n) is 3.63. The first-order valence-electron chi connectivity index (χ1n) is 10.0. The van der Waals surface area contributed by atoms with Gasteiger partial charge in [0.1, 0.15) is 11.9 Å². The van der Waals surface area contributed by atoms with Crippen molar-refractivity contribution in [2.24, 2.45) is 0 Å². The first-order chi connectivity index (χ1) is 14.6.